The Balaban J connectivity index is 2.40. The van der Waals surface area contributed by atoms with E-state index in [1.54, 1.807) is 19.9 Å². The van der Waals surface area contributed by atoms with Crippen LogP contribution in [0.3, 0.4) is 0 Å². The minimum atomic E-state index is -0.708. The van der Waals surface area contributed by atoms with Gasteiger partial charge in [0.05, 0.1) is 4.90 Å². The lowest BCUT2D eigenvalue weighted by atomic mass is 10.3. The fourth-order valence-electron chi connectivity index (χ4n) is 1.51. The standard InChI is InChI=1S/C12H11F2N3S/c1-6-3-7(2)17-12(16-6)18-11-9(13)4-8(15)5-10(11)14/h3-5H,15H2,1-2H3. The molecule has 18 heavy (non-hydrogen) atoms. The van der Waals surface area contributed by atoms with Gasteiger partial charge in [0.1, 0.15) is 11.6 Å². The maximum Gasteiger partial charge on any atom is 0.193 e. The first-order valence-electron chi connectivity index (χ1n) is 5.20. The maximum absolute atomic E-state index is 13.6. The van der Waals surface area contributed by atoms with Crippen molar-refractivity contribution < 1.29 is 8.78 Å². The van der Waals surface area contributed by atoms with Crippen LogP contribution >= 0.6 is 11.8 Å². The molecule has 0 atom stereocenters. The minimum Gasteiger partial charge on any atom is -0.399 e. The van der Waals surface area contributed by atoms with E-state index in [2.05, 4.69) is 9.97 Å². The van der Waals surface area contributed by atoms with Gasteiger partial charge in [-0.05, 0) is 43.8 Å². The molecule has 94 valence electrons. The van der Waals surface area contributed by atoms with E-state index >= 15 is 0 Å². The highest BCUT2D eigenvalue weighted by atomic mass is 32.2. The summed E-state index contributed by atoms with van der Waals surface area (Å²) in [6.45, 7) is 3.60. The van der Waals surface area contributed by atoms with Crippen LogP contribution in [0.4, 0.5) is 14.5 Å². The Labute approximate surface area is 107 Å². The number of aryl methyl sites for hydroxylation is 2. The molecule has 0 saturated carbocycles. The number of nitrogens with zero attached hydrogens (tertiary/aromatic N) is 2. The van der Waals surface area contributed by atoms with Gasteiger partial charge in [-0.15, -0.1) is 0 Å². The predicted molar refractivity (Wildman–Crippen MR) is 66.4 cm³/mol. The molecule has 0 radical (unpaired) electrons. The van der Waals surface area contributed by atoms with Crippen molar-refractivity contribution >= 4 is 17.4 Å². The first-order valence-corrected chi connectivity index (χ1v) is 6.02. The quantitative estimate of drug-likeness (QED) is 0.671. The lowest BCUT2D eigenvalue weighted by molar-refractivity contribution is 0.541. The Hall–Kier alpha value is -1.69. The third-order valence-corrected chi connectivity index (χ3v) is 3.14. The molecular weight excluding hydrogens is 256 g/mol. The zero-order valence-corrected chi connectivity index (χ0v) is 10.7. The summed E-state index contributed by atoms with van der Waals surface area (Å²) in [6.07, 6.45) is 0. The smallest absolute Gasteiger partial charge is 0.193 e. The molecule has 0 spiro atoms. The summed E-state index contributed by atoms with van der Waals surface area (Å²) in [5, 5.41) is 0.315. The Morgan fingerprint density at radius 1 is 1.00 bits per heavy atom. The molecule has 1 aromatic carbocycles. The molecule has 2 rings (SSSR count). The molecule has 2 N–H and O–H groups in total. The number of rotatable bonds is 2. The van der Waals surface area contributed by atoms with E-state index in [-0.39, 0.29) is 10.6 Å². The van der Waals surface area contributed by atoms with Crippen molar-refractivity contribution in [1.82, 2.24) is 9.97 Å². The lowest BCUT2D eigenvalue weighted by Crippen LogP contribution is -1.96. The highest BCUT2D eigenvalue weighted by Gasteiger charge is 2.14. The monoisotopic (exact) mass is 267 g/mol. The van der Waals surface area contributed by atoms with Gasteiger partial charge < -0.3 is 5.73 Å². The van der Waals surface area contributed by atoms with Gasteiger partial charge >= 0.3 is 0 Å². The van der Waals surface area contributed by atoms with Crippen LogP contribution in [0.25, 0.3) is 0 Å². The molecule has 0 saturated heterocycles. The van der Waals surface area contributed by atoms with E-state index < -0.39 is 11.6 Å². The molecule has 2 aromatic rings. The van der Waals surface area contributed by atoms with E-state index in [1.807, 2.05) is 0 Å². The Bertz CT molecular complexity index is 559. The van der Waals surface area contributed by atoms with Crippen molar-refractivity contribution in [2.75, 3.05) is 5.73 Å². The molecule has 0 amide bonds. The molecule has 0 aliphatic carbocycles. The van der Waals surface area contributed by atoms with Gasteiger partial charge in [-0.1, -0.05) is 0 Å². The molecule has 0 fully saturated rings. The summed E-state index contributed by atoms with van der Waals surface area (Å²) in [7, 11) is 0. The fraction of sp³-hybridized carbons (Fsp3) is 0.167. The zero-order chi connectivity index (χ0) is 13.3. The van der Waals surface area contributed by atoms with Gasteiger partial charge in [-0.2, -0.15) is 0 Å². The van der Waals surface area contributed by atoms with Gasteiger partial charge in [-0.25, -0.2) is 18.7 Å². The van der Waals surface area contributed by atoms with Gasteiger partial charge in [0.25, 0.3) is 0 Å². The largest absolute Gasteiger partial charge is 0.399 e. The third kappa shape index (κ3) is 2.76. The summed E-state index contributed by atoms with van der Waals surface area (Å²) in [5.41, 5.74) is 6.90. The molecule has 0 bridgehead atoms. The maximum atomic E-state index is 13.6. The minimum absolute atomic E-state index is 0.0516. The van der Waals surface area contributed by atoms with Crippen LogP contribution < -0.4 is 5.73 Å². The van der Waals surface area contributed by atoms with Crippen LogP contribution in [0, 0.1) is 25.5 Å². The van der Waals surface area contributed by atoms with E-state index in [9.17, 15) is 8.78 Å². The van der Waals surface area contributed by atoms with E-state index in [4.69, 9.17) is 5.73 Å². The molecule has 3 nitrogen and oxygen atoms in total. The van der Waals surface area contributed by atoms with Gasteiger partial charge in [0.2, 0.25) is 0 Å². The molecule has 0 aliphatic heterocycles. The number of anilines is 1. The van der Waals surface area contributed by atoms with Crippen LogP contribution in [0.2, 0.25) is 0 Å². The second kappa shape index (κ2) is 4.89. The second-order valence-electron chi connectivity index (χ2n) is 3.85. The number of aromatic nitrogens is 2. The van der Waals surface area contributed by atoms with Crippen LogP contribution in [-0.4, -0.2) is 9.97 Å². The second-order valence-corrected chi connectivity index (χ2v) is 4.83. The zero-order valence-electron chi connectivity index (χ0n) is 9.87. The predicted octanol–water partition coefficient (Wildman–Crippen LogP) is 3.11. The molecule has 6 heteroatoms. The molecule has 0 unspecified atom stereocenters. The number of nitrogens with two attached hydrogens (primary N) is 1. The fourth-order valence-corrected chi connectivity index (χ4v) is 2.38. The van der Waals surface area contributed by atoms with Crippen LogP contribution in [0.15, 0.2) is 28.3 Å². The Kier molecular flexibility index (Phi) is 3.47. The topological polar surface area (TPSA) is 51.8 Å². The lowest BCUT2D eigenvalue weighted by Gasteiger charge is -2.06. The molecule has 0 aliphatic rings. The van der Waals surface area contributed by atoms with Crippen molar-refractivity contribution in [3.8, 4) is 0 Å². The van der Waals surface area contributed by atoms with E-state index in [1.165, 1.54) is 0 Å². The van der Waals surface area contributed by atoms with Crippen LogP contribution in [-0.2, 0) is 0 Å². The third-order valence-electron chi connectivity index (χ3n) is 2.18. The number of benzene rings is 1. The van der Waals surface area contributed by atoms with Crippen molar-refractivity contribution in [1.29, 1.82) is 0 Å². The first kappa shape index (κ1) is 12.8. The molecule has 1 heterocycles. The Morgan fingerprint density at radius 3 is 2.00 bits per heavy atom. The van der Waals surface area contributed by atoms with E-state index in [0.29, 0.717) is 5.16 Å². The summed E-state index contributed by atoms with van der Waals surface area (Å²) in [6, 6.07) is 3.95. The normalized spacial score (nSPS) is 10.7. The first-order chi connectivity index (χ1) is 8.45. The van der Waals surface area contributed by atoms with Crippen LogP contribution in [0.5, 0.6) is 0 Å². The van der Waals surface area contributed by atoms with Crippen LogP contribution in [0.1, 0.15) is 11.4 Å². The van der Waals surface area contributed by atoms with Crippen molar-refractivity contribution in [3.63, 3.8) is 0 Å². The van der Waals surface area contributed by atoms with Gasteiger partial charge in [0.15, 0.2) is 5.16 Å². The number of nitrogen functional groups attached to an aromatic ring is 1. The van der Waals surface area contributed by atoms with Crippen molar-refractivity contribution in [2.45, 2.75) is 23.9 Å². The Morgan fingerprint density at radius 2 is 1.50 bits per heavy atom. The average Bonchev–Trinajstić information content (AvgIpc) is 2.22. The average molecular weight is 267 g/mol. The van der Waals surface area contributed by atoms with E-state index in [0.717, 1.165) is 35.3 Å². The number of hydrogen-bond donors (Lipinski definition) is 1. The molecular formula is C12H11F2N3S. The number of hydrogen-bond acceptors (Lipinski definition) is 4. The highest BCUT2D eigenvalue weighted by Crippen LogP contribution is 2.31. The summed E-state index contributed by atoms with van der Waals surface area (Å²) >= 11 is 0.850. The van der Waals surface area contributed by atoms with Gasteiger partial charge in [-0.3, -0.25) is 0 Å². The van der Waals surface area contributed by atoms with Crippen molar-refractivity contribution in [2.24, 2.45) is 0 Å². The van der Waals surface area contributed by atoms with Crippen molar-refractivity contribution in [3.05, 3.63) is 41.2 Å². The highest BCUT2D eigenvalue weighted by molar-refractivity contribution is 7.99. The summed E-state index contributed by atoms with van der Waals surface area (Å²) in [5.74, 6) is -1.42. The van der Waals surface area contributed by atoms with Gasteiger partial charge in [0, 0.05) is 17.1 Å². The SMILES string of the molecule is Cc1cc(C)nc(Sc2c(F)cc(N)cc2F)n1. The number of halogens is 2. The summed E-state index contributed by atoms with van der Waals surface area (Å²) in [4.78, 5) is 8.10. The molecule has 1 aromatic heterocycles. The summed E-state index contributed by atoms with van der Waals surface area (Å²) < 4.78 is 27.2.